The molecule has 1 aliphatic heterocycles. The zero-order valence-electron chi connectivity index (χ0n) is 18.7. The van der Waals surface area contributed by atoms with Crippen molar-refractivity contribution in [1.29, 1.82) is 0 Å². The minimum atomic E-state index is -4.53. The van der Waals surface area contributed by atoms with Crippen molar-refractivity contribution in [1.82, 2.24) is 34.7 Å². The molecule has 1 aliphatic rings. The second-order valence-corrected chi connectivity index (χ2v) is 8.12. The Hall–Kier alpha value is -3.67. The van der Waals surface area contributed by atoms with Crippen LogP contribution in [0.2, 0.25) is 0 Å². The average Bonchev–Trinajstić information content (AvgIpc) is 3.25. The normalized spacial score (nSPS) is 16.9. The SMILES string of the molecule is Cc1nc2nc(N3CCO[C@H](c4cnn(C)c4)C3)nc(-c3ccc(C(F)(F)F)nc3)c2nc1C. The molecule has 4 aromatic heterocycles. The van der Waals surface area contributed by atoms with Crippen LogP contribution in [0.15, 0.2) is 30.7 Å². The summed E-state index contributed by atoms with van der Waals surface area (Å²) in [5.74, 6) is 0.400. The lowest BCUT2D eigenvalue weighted by Gasteiger charge is -2.32. The fourth-order valence-corrected chi connectivity index (χ4v) is 3.78. The molecule has 0 unspecified atom stereocenters. The maximum absolute atomic E-state index is 13.0. The fraction of sp³-hybridized carbons (Fsp3) is 0.364. The maximum atomic E-state index is 13.0. The monoisotopic (exact) mass is 470 g/mol. The van der Waals surface area contributed by atoms with Crippen LogP contribution in [0.25, 0.3) is 22.4 Å². The highest BCUT2D eigenvalue weighted by atomic mass is 19.4. The molecule has 12 heteroatoms. The quantitative estimate of drug-likeness (QED) is 0.450. The molecule has 4 aromatic rings. The molecular formula is C22H21F3N8O. The van der Waals surface area contributed by atoms with Gasteiger partial charge in [-0.3, -0.25) is 9.67 Å². The van der Waals surface area contributed by atoms with Gasteiger partial charge in [-0.15, -0.1) is 0 Å². The Morgan fingerprint density at radius 1 is 1.03 bits per heavy atom. The summed E-state index contributed by atoms with van der Waals surface area (Å²) >= 11 is 0. The second-order valence-electron chi connectivity index (χ2n) is 8.12. The summed E-state index contributed by atoms with van der Waals surface area (Å²) in [5.41, 5.74) is 2.92. The second kappa shape index (κ2) is 8.28. The molecule has 0 aromatic carbocycles. The number of nitrogens with zero attached hydrogens (tertiary/aromatic N) is 8. The molecule has 0 N–H and O–H groups in total. The van der Waals surface area contributed by atoms with Gasteiger partial charge in [-0.1, -0.05) is 0 Å². The van der Waals surface area contributed by atoms with E-state index in [1.54, 1.807) is 10.9 Å². The van der Waals surface area contributed by atoms with Gasteiger partial charge >= 0.3 is 6.18 Å². The van der Waals surface area contributed by atoms with Crippen LogP contribution in [0.3, 0.4) is 0 Å². The minimum absolute atomic E-state index is 0.219. The Labute approximate surface area is 192 Å². The maximum Gasteiger partial charge on any atom is 0.433 e. The first-order chi connectivity index (χ1) is 16.2. The van der Waals surface area contributed by atoms with Gasteiger partial charge in [-0.2, -0.15) is 23.3 Å². The molecule has 9 nitrogen and oxygen atoms in total. The third-order valence-corrected chi connectivity index (χ3v) is 5.70. The average molecular weight is 470 g/mol. The summed E-state index contributed by atoms with van der Waals surface area (Å²) in [4.78, 5) is 24.1. The van der Waals surface area contributed by atoms with Gasteiger partial charge in [0.05, 0.1) is 30.7 Å². The lowest BCUT2D eigenvalue weighted by atomic mass is 10.1. The van der Waals surface area contributed by atoms with E-state index in [-0.39, 0.29) is 6.10 Å². The predicted octanol–water partition coefficient (Wildman–Crippen LogP) is 3.43. The van der Waals surface area contributed by atoms with Crippen LogP contribution in [0, 0.1) is 13.8 Å². The minimum Gasteiger partial charge on any atom is -0.370 e. The van der Waals surface area contributed by atoms with Crippen LogP contribution in [-0.4, -0.2) is 54.4 Å². The molecule has 0 radical (unpaired) electrons. The number of ether oxygens (including phenoxy) is 1. The number of hydrogen-bond acceptors (Lipinski definition) is 8. The van der Waals surface area contributed by atoms with Crippen molar-refractivity contribution in [3.63, 3.8) is 0 Å². The van der Waals surface area contributed by atoms with E-state index in [1.807, 2.05) is 32.0 Å². The first-order valence-electron chi connectivity index (χ1n) is 10.6. The largest absolute Gasteiger partial charge is 0.433 e. The van der Waals surface area contributed by atoms with E-state index in [2.05, 4.69) is 25.0 Å². The number of anilines is 1. The number of pyridine rings is 1. The molecule has 0 bridgehead atoms. The lowest BCUT2D eigenvalue weighted by molar-refractivity contribution is -0.141. The number of aryl methyl sites for hydroxylation is 3. The number of aromatic nitrogens is 7. The molecular weight excluding hydrogens is 449 g/mol. The smallest absolute Gasteiger partial charge is 0.370 e. The third kappa shape index (κ3) is 4.16. The molecule has 176 valence electrons. The van der Waals surface area contributed by atoms with Crippen molar-refractivity contribution in [3.8, 4) is 11.3 Å². The standard InChI is InChI=1S/C22H21F3N8O/c1-12-13(2)29-20-19(28-12)18(14-4-5-17(26-8-14)22(23,24)25)30-21(31-20)33-6-7-34-16(11-33)15-9-27-32(3)10-15/h4-5,8-10,16H,6-7,11H2,1-3H3/t16-/m0/s1. The summed E-state index contributed by atoms with van der Waals surface area (Å²) < 4.78 is 46.7. The zero-order chi connectivity index (χ0) is 24.0. The van der Waals surface area contributed by atoms with E-state index in [1.165, 1.54) is 6.07 Å². The van der Waals surface area contributed by atoms with E-state index in [0.717, 1.165) is 17.8 Å². The zero-order valence-corrected chi connectivity index (χ0v) is 18.7. The van der Waals surface area contributed by atoms with Crippen molar-refractivity contribution >= 4 is 17.1 Å². The van der Waals surface area contributed by atoms with Crippen LogP contribution < -0.4 is 4.90 Å². The number of halogens is 3. The van der Waals surface area contributed by atoms with E-state index in [9.17, 15) is 13.2 Å². The molecule has 0 aliphatic carbocycles. The van der Waals surface area contributed by atoms with Crippen LogP contribution in [0.4, 0.5) is 19.1 Å². The third-order valence-electron chi connectivity index (χ3n) is 5.70. The van der Waals surface area contributed by atoms with E-state index >= 15 is 0 Å². The molecule has 5 heterocycles. The van der Waals surface area contributed by atoms with Crippen molar-refractivity contribution in [2.45, 2.75) is 26.1 Å². The van der Waals surface area contributed by atoms with Crippen LogP contribution >= 0.6 is 0 Å². The Morgan fingerprint density at radius 2 is 1.82 bits per heavy atom. The predicted molar refractivity (Wildman–Crippen MR) is 117 cm³/mol. The number of alkyl halides is 3. The Balaban J connectivity index is 1.58. The summed E-state index contributed by atoms with van der Waals surface area (Å²) in [7, 11) is 1.84. The van der Waals surface area contributed by atoms with Gasteiger partial charge in [0.25, 0.3) is 0 Å². The van der Waals surface area contributed by atoms with Crippen molar-refractivity contribution in [3.05, 3.63) is 53.4 Å². The van der Waals surface area contributed by atoms with E-state index in [0.29, 0.717) is 59.5 Å². The van der Waals surface area contributed by atoms with E-state index < -0.39 is 11.9 Å². The van der Waals surface area contributed by atoms with Gasteiger partial charge in [0.2, 0.25) is 5.95 Å². The van der Waals surface area contributed by atoms with Gasteiger partial charge in [-0.25, -0.2) is 15.0 Å². The summed E-state index contributed by atoms with van der Waals surface area (Å²) in [5, 5.41) is 4.21. The molecule has 1 saturated heterocycles. The van der Waals surface area contributed by atoms with E-state index in [4.69, 9.17) is 9.72 Å². The summed E-state index contributed by atoms with van der Waals surface area (Å²) in [6.07, 6.45) is 0.0607. The van der Waals surface area contributed by atoms with Crippen molar-refractivity contribution < 1.29 is 17.9 Å². The van der Waals surface area contributed by atoms with Gasteiger partial charge in [-0.05, 0) is 26.0 Å². The van der Waals surface area contributed by atoms with Crippen molar-refractivity contribution in [2.75, 3.05) is 24.6 Å². The van der Waals surface area contributed by atoms with Gasteiger partial charge in [0.15, 0.2) is 5.65 Å². The van der Waals surface area contributed by atoms with Crippen LogP contribution in [0.5, 0.6) is 0 Å². The topological polar surface area (TPSA) is 94.7 Å². The fourth-order valence-electron chi connectivity index (χ4n) is 3.78. The van der Waals surface area contributed by atoms with Crippen molar-refractivity contribution in [2.24, 2.45) is 7.05 Å². The highest BCUT2D eigenvalue weighted by Crippen LogP contribution is 2.32. The molecule has 0 spiro atoms. The number of rotatable bonds is 3. The van der Waals surface area contributed by atoms with Crippen LogP contribution in [0.1, 0.15) is 28.7 Å². The molecule has 0 amide bonds. The first-order valence-corrected chi connectivity index (χ1v) is 10.6. The molecule has 34 heavy (non-hydrogen) atoms. The number of hydrogen-bond donors (Lipinski definition) is 0. The van der Waals surface area contributed by atoms with Gasteiger partial charge in [0.1, 0.15) is 23.0 Å². The highest BCUT2D eigenvalue weighted by molar-refractivity contribution is 5.87. The Morgan fingerprint density at radius 3 is 2.50 bits per heavy atom. The number of fused-ring (bicyclic) bond motifs is 1. The Kier molecular flexibility index (Phi) is 5.39. The molecule has 1 atom stereocenters. The van der Waals surface area contributed by atoms with Crippen LogP contribution in [-0.2, 0) is 18.0 Å². The highest BCUT2D eigenvalue weighted by Gasteiger charge is 2.32. The van der Waals surface area contributed by atoms with Gasteiger partial charge < -0.3 is 9.64 Å². The first kappa shape index (κ1) is 22.1. The summed E-state index contributed by atoms with van der Waals surface area (Å²) in [6.45, 7) is 5.13. The molecule has 1 fully saturated rings. The summed E-state index contributed by atoms with van der Waals surface area (Å²) in [6, 6.07) is 2.28. The van der Waals surface area contributed by atoms with Gasteiger partial charge in [0, 0.05) is 37.1 Å². The molecule has 0 saturated carbocycles. The lowest BCUT2D eigenvalue weighted by Crippen LogP contribution is -2.39. The number of morpholine rings is 1. The Bertz CT molecular complexity index is 1350. The molecule has 5 rings (SSSR count).